The summed E-state index contributed by atoms with van der Waals surface area (Å²) in [6, 6.07) is 14.1. The van der Waals surface area contributed by atoms with Gasteiger partial charge < -0.3 is 14.4 Å². The van der Waals surface area contributed by atoms with Crippen LogP contribution in [0, 0.1) is 12.8 Å². The van der Waals surface area contributed by atoms with Gasteiger partial charge in [0.15, 0.2) is 0 Å². The monoisotopic (exact) mass is 441 g/mol. The number of aryl methyl sites for hydroxylation is 1. The molecule has 2 aromatic rings. The third-order valence-electron chi connectivity index (χ3n) is 5.42. The van der Waals surface area contributed by atoms with Crippen LogP contribution in [0.1, 0.15) is 48.2 Å². The Balaban J connectivity index is 1.68. The summed E-state index contributed by atoms with van der Waals surface area (Å²) in [7, 11) is 0. The van der Waals surface area contributed by atoms with E-state index in [9.17, 15) is 9.59 Å². The van der Waals surface area contributed by atoms with E-state index in [0.29, 0.717) is 44.7 Å². The van der Waals surface area contributed by atoms with Crippen molar-refractivity contribution in [2.45, 2.75) is 44.3 Å². The Morgan fingerprint density at radius 3 is 2.39 bits per heavy atom. The lowest BCUT2D eigenvalue weighted by molar-refractivity contribution is -0.149. The van der Waals surface area contributed by atoms with Gasteiger partial charge in [-0.05, 0) is 63.9 Å². The second-order valence-electron chi connectivity index (χ2n) is 7.68. The highest BCUT2D eigenvalue weighted by molar-refractivity contribution is 7.98. The summed E-state index contributed by atoms with van der Waals surface area (Å²) in [4.78, 5) is 28.1. The molecule has 0 aromatic heterocycles. The molecule has 0 N–H and O–H groups in total. The fraction of sp³-hybridized carbons (Fsp3) is 0.440. The number of thioether (sulfide) groups is 1. The molecule has 1 saturated heterocycles. The van der Waals surface area contributed by atoms with E-state index >= 15 is 0 Å². The van der Waals surface area contributed by atoms with Crippen LogP contribution in [0.5, 0.6) is 5.75 Å². The Morgan fingerprint density at radius 2 is 1.74 bits per heavy atom. The van der Waals surface area contributed by atoms with Gasteiger partial charge in [-0.15, -0.1) is 11.8 Å². The Kier molecular flexibility index (Phi) is 8.41. The average Bonchev–Trinajstić information content (AvgIpc) is 2.79. The number of carbonyl (C=O) groups is 2. The highest BCUT2D eigenvalue weighted by Gasteiger charge is 2.28. The van der Waals surface area contributed by atoms with Crippen molar-refractivity contribution in [2.75, 3.05) is 26.3 Å². The second kappa shape index (κ2) is 11.2. The fourth-order valence-electron chi connectivity index (χ4n) is 3.68. The van der Waals surface area contributed by atoms with Crippen LogP contribution in [0.15, 0.2) is 47.4 Å². The summed E-state index contributed by atoms with van der Waals surface area (Å²) >= 11 is 1.73. The zero-order valence-electron chi connectivity index (χ0n) is 18.6. The van der Waals surface area contributed by atoms with Gasteiger partial charge in [-0.1, -0.05) is 17.7 Å². The number of amides is 1. The second-order valence-corrected chi connectivity index (χ2v) is 8.72. The van der Waals surface area contributed by atoms with Crippen molar-refractivity contribution in [1.82, 2.24) is 4.90 Å². The van der Waals surface area contributed by atoms with Crippen molar-refractivity contribution >= 4 is 23.6 Å². The number of rotatable bonds is 8. The van der Waals surface area contributed by atoms with Crippen molar-refractivity contribution < 1.29 is 19.1 Å². The van der Waals surface area contributed by atoms with E-state index in [1.54, 1.807) is 11.8 Å². The summed E-state index contributed by atoms with van der Waals surface area (Å²) in [5.74, 6) is 1.30. The van der Waals surface area contributed by atoms with E-state index in [2.05, 4.69) is 31.2 Å². The normalized spacial score (nSPS) is 14.4. The Labute approximate surface area is 189 Å². The molecule has 1 fully saturated rings. The third-order valence-corrected chi connectivity index (χ3v) is 6.49. The first-order chi connectivity index (χ1) is 15.0. The Hall–Kier alpha value is -2.47. The molecule has 0 atom stereocenters. The molecule has 0 saturated carbocycles. The number of hydrogen-bond donors (Lipinski definition) is 0. The zero-order valence-corrected chi connectivity index (χ0v) is 19.4. The van der Waals surface area contributed by atoms with Crippen LogP contribution in [0.4, 0.5) is 0 Å². The van der Waals surface area contributed by atoms with Gasteiger partial charge in [0.1, 0.15) is 5.75 Å². The van der Waals surface area contributed by atoms with E-state index in [-0.39, 0.29) is 17.8 Å². The van der Waals surface area contributed by atoms with Gasteiger partial charge in [0, 0.05) is 34.9 Å². The number of carbonyl (C=O) groups excluding carboxylic acids is 2. The Morgan fingerprint density at radius 1 is 1.03 bits per heavy atom. The zero-order chi connectivity index (χ0) is 22.2. The van der Waals surface area contributed by atoms with Crippen molar-refractivity contribution in [3.8, 4) is 5.75 Å². The molecule has 1 aliphatic rings. The van der Waals surface area contributed by atoms with E-state index in [4.69, 9.17) is 9.47 Å². The van der Waals surface area contributed by atoms with Gasteiger partial charge in [0.25, 0.3) is 5.91 Å². The minimum Gasteiger partial charge on any atom is -0.494 e. The quantitative estimate of drug-likeness (QED) is 0.421. The molecule has 0 aliphatic carbocycles. The molecular weight excluding hydrogens is 410 g/mol. The first-order valence-electron chi connectivity index (χ1n) is 10.9. The molecule has 166 valence electrons. The number of hydrogen-bond acceptors (Lipinski definition) is 5. The van der Waals surface area contributed by atoms with Crippen molar-refractivity contribution in [2.24, 2.45) is 5.92 Å². The van der Waals surface area contributed by atoms with Crippen LogP contribution in [0.25, 0.3) is 0 Å². The maximum atomic E-state index is 13.1. The highest BCUT2D eigenvalue weighted by Crippen LogP contribution is 2.30. The van der Waals surface area contributed by atoms with Gasteiger partial charge >= 0.3 is 5.97 Å². The predicted molar refractivity (Wildman–Crippen MR) is 124 cm³/mol. The molecule has 5 nitrogen and oxygen atoms in total. The van der Waals surface area contributed by atoms with Gasteiger partial charge in [-0.3, -0.25) is 9.59 Å². The molecule has 6 heteroatoms. The van der Waals surface area contributed by atoms with Crippen LogP contribution >= 0.6 is 11.8 Å². The number of benzene rings is 2. The van der Waals surface area contributed by atoms with Gasteiger partial charge in [-0.2, -0.15) is 0 Å². The summed E-state index contributed by atoms with van der Waals surface area (Å²) in [6.45, 7) is 7.98. The van der Waals surface area contributed by atoms with E-state index in [1.165, 1.54) is 10.5 Å². The molecular formula is C25H31NO4S. The van der Waals surface area contributed by atoms with Crippen molar-refractivity contribution in [3.05, 3.63) is 59.2 Å². The lowest BCUT2D eigenvalue weighted by atomic mass is 9.96. The van der Waals surface area contributed by atoms with E-state index < -0.39 is 0 Å². The SMILES string of the molecule is CCOC(=O)C1CCN(C(=O)c2ccc(OCC)c(CSc3ccc(C)cc3)c2)CC1. The summed E-state index contributed by atoms with van der Waals surface area (Å²) in [5, 5.41) is 0. The topological polar surface area (TPSA) is 55.8 Å². The Bertz CT molecular complexity index is 889. The maximum Gasteiger partial charge on any atom is 0.309 e. The number of esters is 1. The molecule has 3 rings (SSSR count). The van der Waals surface area contributed by atoms with Crippen LogP contribution in [-0.2, 0) is 15.3 Å². The van der Waals surface area contributed by atoms with Crippen LogP contribution in [-0.4, -0.2) is 43.1 Å². The summed E-state index contributed by atoms with van der Waals surface area (Å²) in [6.07, 6.45) is 1.30. The standard InChI is InChI=1S/C25H31NO4S/c1-4-29-23-11-8-20(16-21(23)17-31-22-9-6-18(3)7-10-22)24(27)26-14-12-19(13-15-26)25(28)30-5-2/h6-11,16,19H,4-5,12-15,17H2,1-3H3. The van der Waals surface area contributed by atoms with Gasteiger partial charge in [-0.25, -0.2) is 0 Å². The molecule has 0 radical (unpaired) electrons. The molecule has 1 amide bonds. The highest BCUT2D eigenvalue weighted by atomic mass is 32.2. The van der Waals surface area contributed by atoms with Gasteiger partial charge in [0.05, 0.1) is 19.1 Å². The molecule has 1 heterocycles. The van der Waals surface area contributed by atoms with E-state index in [0.717, 1.165) is 17.1 Å². The number of nitrogens with zero attached hydrogens (tertiary/aromatic N) is 1. The van der Waals surface area contributed by atoms with Crippen LogP contribution in [0.2, 0.25) is 0 Å². The maximum absolute atomic E-state index is 13.1. The largest absolute Gasteiger partial charge is 0.494 e. The summed E-state index contributed by atoms with van der Waals surface area (Å²) in [5.41, 5.74) is 2.91. The minimum absolute atomic E-state index is 0.00643. The van der Waals surface area contributed by atoms with Crippen molar-refractivity contribution in [3.63, 3.8) is 0 Å². The van der Waals surface area contributed by atoms with Crippen molar-refractivity contribution in [1.29, 1.82) is 0 Å². The number of piperidine rings is 1. The molecule has 0 unspecified atom stereocenters. The summed E-state index contributed by atoms with van der Waals surface area (Å²) < 4.78 is 10.9. The molecule has 0 spiro atoms. The molecule has 0 bridgehead atoms. The first kappa shape index (κ1) is 23.2. The number of likely N-dealkylation sites (tertiary alicyclic amines) is 1. The number of ether oxygens (including phenoxy) is 2. The lowest BCUT2D eigenvalue weighted by Crippen LogP contribution is -2.40. The molecule has 2 aromatic carbocycles. The van der Waals surface area contributed by atoms with Crippen LogP contribution in [0.3, 0.4) is 0 Å². The fourth-order valence-corrected chi connectivity index (χ4v) is 4.55. The predicted octanol–water partition coefficient (Wildman–Crippen LogP) is 5.10. The molecule has 1 aliphatic heterocycles. The van der Waals surface area contributed by atoms with E-state index in [1.807, 2.05) is 36.9 Å². The first-order valence-corrected chi connectivity index (χ1v) is 11.9. The molecule has 31 heavy (non-hydrogen) atoms. The average molecular weight is 442 g/mol. The van der Waals surface area contributed by atoms with Crippen LogP contribution < -0.4 is 4.74 Å². The minimum atomic E-state index is -0.147. The van der Waals surface area contributed by atoms with Gasteiger partial charge in [0.2, 0.25) is 0 Å². The third kappa shape index (κ3) is 6.26. The smallest absolute Gasteiger partial charge is 0.309 e. The lowest BCUT2D eigenvalue weighted by Gasteiger charge is -2.31.